The van der Waals surface area contributed by atoms with Crippen LogP contribution >= 0.6 is 12.2 Å². The minimum Gasteiger partial charge on any atom is -0.392 e. The average Bonchev–Trinajstić information content (AvgIpc) is 2.89. The van der Waals surface area contributed by atoms with Crippen molar-refractivity contribution in [2.75, 3.05) is 13.2 Å². The van der Waals surface area contributed by atoms with Crippen molar-refractivity contribution >= 4 is 23.1 Å². The maximum Gasteiger partial charge on any atom is 0.233 e. The fraction of sp³-hybridized carbons (Fsp3) is 0.857. The van der Waals surface area contributed by atoms with Crippen LogP contribution in [0.1, 0.15) is 52.4 Å². The van der Waals surface area contributed by atoms with Gasteiger partial charge in [0.15, 0.2) is 0 Å². The molecule has 0 heterocycles. The number of rotatable bonds is 8. The number of carbonyl (C=O) groups is 1. The summed E-state index contributed by atoms with van der Waals surface area (Å²) in [6.45, 7) is 4.98. The first kappa shape index (κ1) is 16.4. The second-order valence-corrected chi connectivity index (χ2v) is 5.63. The van der Waals surface area contributed by atoms with Crippen LogP contribution < -0.4 is 11.1 Å². The molecule has 5 heteroatoms. The maximum atomic E-state index is 12.2. The van der Waals surface area contributed by atoms with Crippen LogP contribution in [0.5, 0.6) is 0 Å². The lowest BCUT2D eigenvalue weighted by Gasteiger charge is -2.29. The molecule has 0 saturated heterocycles. The molecule has 4 nitrogen and oxygen atoms in total. The van der Waals surface area contributed by atoms with E-state index in [2.05, 4.69) is 5.32 Å². The molecule has 0 spiro atoms. The number of amides is 1. The van der Waals surface area contributed by atoms with Gasteiger partial charge in [-0.1, -0.05) is 38.9 Å². The highest BCUT2D eigenvalue weighted by Crippen LogP contribution is 2.27. The quantitative estimate of drug-likeness (QED) is 0.530. The second-order valence-electron chi connectivity index (χ2n) is 5.19. The standard InChI is InChI=1S/C14H26N2O2S/c1-3-14(4-2,12(15)19)13(17)16-9-10-18-11-7-5-6-8-11/h11H,3-10H2,1-2H3,(H2,15,19)(H,16,17). The van der Waals surface area contributed by atoms with E-state index in [1.165, 1.54) is 12.8 Å². The van der Waals surface area contributed by atoms with E-state index in [0.29, 0.717) is 32.1 Å². The smallest absolute Gasteiger partial charge is 0.233 e. The molecule has 3 N–H and O–H groups in total. The third kappa shape index (κ3) is 4.14. The summed E-state index contributed by atoms with van der Waals surface area (Å²) in [6.07, 6.45) is 6.46. The van der Waals surface area contributed by atoms with Crippen LogP contribution in [0, 0.1) is 5.41 Å². The van der Waals surface area contributed by atoms with Crippen LogP contribution in [0.2, 0.25) is 0 Å². The van der Waals surface area contributed by atoms with Crippen molar-refractivity contribution in [3.8, 4) is 0 Å². The second kappa shape index (κ2) is 7.80. The predicted molar refractivity (Wildman–Crippen MR) is 81.0 cm³/mol. The molecule has 0 unspecified atom stereocenters. The van der Waals surface area contributed by atoms with Crippen LogP contribution in [-0.2, 0) is 9.53 Å². The molecule has 0 aromatic heterocycles. The van der Waals surface area contributed by atoms with Crippen molar-refractivity contribution in [2.24, 2.45) is 11.1 Å². The molecule has 0 radical (unpaired) electrons. The number of nitrogens with one attached hydrogen (secondary N) is 1. The third-order valence-electron chi connectivity index (χ3n) is 4.16. The summed E-state index contributed by atoms with van der Waals surface area (Å²) in [7, 11) is 0. The Kier molecular flexibility index (Phi) is 6.72. The molecular formula is C14H26N2O2S. The van der Waals surface area contributed by atoms with Crippen molar-refractivity contribution in [1.82, 2.24) is 5.32 Å². The lowest BCUT2D eigenvalue weighted by Crippen LogP contribution is -2.49. The monoisotopic (exact) mass is 286 g/mol. The van der Waals surface area contributed by atoms with E-state index < -0.39 is 5.41 Å². The van der Waals surface area contributed by atoms with E-state index in [1.54, 1.807) is 0 Å². The summed E-state index contributed by atoms with van der Waals surface area (Å²) in [5, 5.41) is 2.90. The Bertz CT molecular complexity index is 311. The summed E-state index contributed by atoms with van der Waals surface area (Å²) in [5.41, 5.74) is 5.03. The molecule has 1 amide bonds. The number of nitrogens with two attached hydrogens (primary N) is 1. The zero-order valence-electron chi connectivity index (χ0n) is 12.0. The molecule has 110 valence electrons. The Hall–Kier alpha value is -0.680. The lowest BCUT2D eigenvalue weighted by atomic mass is 9.81. The number of hydrogen-bond donors (Lipinski definition) is 2. The van der Waals surface area contributed by atoms with Gasteiger partial charge in [0, 0.05) is 6.54 Å². The molecule has 1 fully saturated rings. The summed E-state index contributed by atoms with van der Waals surface area (Å²) in [6, 6.07) is 0. The lowest BCUT2D eigenvalue weighted by molar-refractivity contribution is -0.128. The number of carbonyl (C=O) groups excluding carboxylic acids is 1. The molecule has 0 aromatic rings. The highest BCUT2D eigenvalue weighted by atomic mass is 32.1. The van der Waals surface area contributed by atoms with Gasteiger partial charge in [-0.05, 0) is 25.7 Å². The number of ether oxygens (including phenoxy) is 1. The van der Waals surface area contributed by atoms with E-state index >= 15 is 0 Å². The average molecular weight is 286 g/mol. The zero-order valence-corrected chi connectivity index (χ0v) is 12.9. The van der Waals surface area contributed by atoms with Gasteiger partial charge in [-0.3, -0.25) is 4.79 Å². The first-order valence-electron chi connectivity index (χ1n) is 7.26. The molecule has 0 aromatic carbocycles. The summed E-state index contributed by atoms with van der Waals surface area (Å²) in [5.74, 6) is -0.0694. The molecule has 1 aliphatic carbocycles. The van der Waals surface area contributed by atoms with Crippen LogP contribution in [0.15, 0.2) is 0 Å². The van der Waals surface area contributed by atoms with E-state index in [1.807, 2.05) is 13.8 Å². The Morgan fingerprint density at radius 1 is 1.37 bits per heavy atom. The van der Waals surface area contributed by atoms with Gasteiger partial charge in [-0.25, -0.2) is 0 Å². The fourth-order valence-electron chi connectivity index (χ4n) is 2.65. The van der Waals surface area contributed by atoms with Crippen LogP contribution in [0.25, 0.3) is 0 Å². The van der Waals surface area contributed by atoms with Crippen LogP contribution in [0.3, 0.4) is 0 Å². The van der Waals surface area contributed by atoms with Crippen LogP contribution in [-0.4, -0.2) is 30.2 Å². The van der Waals surface area contributed by atoms with Gasteiger partial charge in [0.05, 0.1) is 23.1 Å². The SMILES string of the molecule is CCC(CC)(C(=O)NCCOC1CCCC1)C(N)=S. The molecular weight excluding hydrogens is 260 g/mol. The summed E-state index contributed by atoms with van der Waals surface area (Å²) >= 11 is 5.06. The topological polar surface area (TPSA) is 64.3 Å². The van der Waals surface area contributed by atoms with E-state index in [0.717, 1.165) is 12.8 Å². The molecule has 19 heavy (non-hydrogen) atoms. The zero-order chi connectivity index (χ0) is 14.3. The molecule has 1 aliphatic rings. The van der Waals surface area contributed by atoms with Gasteiger partial charge >= 0.3 is 0 Å². The first-order valence-corrected chi connectivity index (χ1v) is 7.67. The third-order valence-corrected chi connectivity index (χ3v) is 4.55. The van der Waals surface area contributed by atoms with Gasteiger partial charge in [-0.2, -0.15) is 0 Å². The van der Waals surface area contributed by atoms with Gasteiger partial charge < -0.3 is 15.8 Å². The van der Waals surface area contributed by atoms with Crippen molar-refractivity contribution in [1.29, 1.82) is 0 Å². The van der Waals surface area contributed by atoms with E-state index in [9.17, 15) is 4.79 Å². The Balaban J connectivity index is 2.34. The largest absolute Gasteiger partial charge is 0.392 e. The Labute approximate surface area is 121 Å². The maximum absolute atomic E-state index is 12.2. The fourth-order valence-corrected chi connectivity index (χ4v) is 3.03. The summed E-state index contributed by atoms with van der Waals surface area (Å²) < 4.78 is 5.71. The van der Waals surface area contributed by atoms with E-state index in [-0.39, 0.29) is 10.9 Å². The minimum atomic E-state index is -0.706. The molecule has 1 saturated carbocycles. The Morgan fingerprint density at radius 2 is 1.95 bits per heavy atom. The highest BCUT2D eigenvalue weighted by molar-refractivity contribution is 7.80. The molecule has 0 bridgehead atoms. The van der Waals surface area contributed by atoms with Crippen molar-refractivity contribution in [2.45, 2.75) is 58.5 Å². The van der Waals surface area contributed by atoms with Crippen molar-refractivity contribution in [3.63, 3.8) is 0 Å². The molecule has 0 aliphatic heterocycles. The van der Waals surface area contributed by atoms with Crippen LogP contribution in [0.4, 0.5) is 0 Å². The summed E-state index contributed by atoms with van der Waals surface area (Å²) in [4.78, 5) is 12.5. The van der Waals surface area contributed by atoms with Gasteiger partial charge in [0.2, 0.25) is 5.91 Å². The normalized spacial score (nSPS) is 16.5. The predicted octanol–water partition coefficient (Wildman–Crippen LogP) is 2.15. The number of thiocarbonyl (C=S) groups is 1. The van der Waals surface area contributed by atoms with E-state index in [4.69, 9.17) is 22.7 Å². The highest BCUT2D eigenvalue weighted by Gasteiger charge is 2.37. The first-order chi connectivity index (χ1) is 9.06. The Morgan fingerprint density at radius 3 is 2.42 bits per heavy atom. The van der Waals surface area contributed by atoms with Gasteiger partial charge in [0.25, 0.3) is 0 Å². The molecule has 0 atom stereocenters. The van der Waals surface area contributed by atoms with Gasteiger partial charge in [-0.15, -0.1) is 0 Å². The molecule has 1 rings (SSSR count). The van der Waals surface area contributed by atoms with Gasteiger partial charge in [0.1, 0.15) is 0 Å². The number of hydrogen-bond acceptors (Lipinski definition) is 3. The van der Waals surface area contributed by atoms with Crippen molar-refractivity contribution in [3.05, 3.63) is 0 Å². The van der Waals surface area contributed by atoms with Crippen molar-refractivity contribution < 1.29 is 9.53 Å². The minimum absolute atomic E-state index is 0.0694.